The highest BCUT2D eigenvalue weighted by Crippen LogP contribution is 2.17. The predicted molar refractivity (Wildman–Crippen MR) is 74.5 cm³/mol. The summed E-state index contributed by atoms with van der Waals surface area (Å²) in [6.07, 6.45) is 0.673. The Morgan fingerprint density at radius 3 is 2.60 bits per heavy atom. The maximum Gasteiger partial charge on any atom is 0.273 e. The van der Waals surface area contributed by atoms with E-state index < -0.39 is 22.3 Å². The third-order valence-corrected chi connectivity index (χ3v) is 3.01. The van der Waals surface area contributed by atoms with Gasteiger partial charge < -0.3 is 5.32 Å². The SMILES string of the molecule is CC(C)CC(CCl)NC(=O)c1cc(F)cc([N+](=O)[O-])c1. The molecule has 1 N–H and O–H groups in total. The number of carbonyl (C=O) groups is 1. The number of nitrogens with zero attached hydrogens (tertiary/aromatic N) is 1. The van der Waals surface area contributed by atoms with E-state index in [0.717, 1.165) is 18.2 Å². The molecule has 1 unspecified atom stereocenters. The Morgan fingerprint density at radius 1 is 1.45 bits per heavy atom. The molecule has 0 spiro atoms. The summed E-state index contributed by atoms with van der Waals surface area (Å²) in [5, 5.41) is 13.3. The molecule has 0 aliphatic heterocycles. The molecule has 1 rings (SSSR count). The van der Waals surface area contributed by atoms with E-state index in [1.165, 1.54) is 0 Å². The minimum Gasteiger partial charge on any atom is -0.348 e. The molecule has 0 aliphatic rings. The maximum atomic E-state index is 13.3. The van der Waals surface area contributed by atoms with Gasteiger partial charge in [-0.05, 0) is 18.4 Å². The Balaban J connectivity index is 2.88. The van der Waals surface area contributed by atoms with Crippen molar-refractivity contribution in [1.29, 1.82) is 0 Å². The Kier molecular flexibility index (Phi) is 5.88. The van der Waals surface area contributed by atoms with Crippen molar-refractivity contribution in [3.63, 3.8) is 0 Å². The number of carbonyl (C=O) groups excluding carboxylic acids is 1. The largest absolute Gasteiger partial charge is 0.348 e. The monoisotopic (exact) mass is 302 g/mol. The number of nitro groups is 1. The molecule has 1 atom stereocenters. The van der Waals surface area contributed by atoms with Gasteiger partial charge in [0.15, 0.2) is 0 Å². The van der Waals surface area contributed by atoms with Crippen molar-refractivity contribution >= 4 is 23.2 Å². The van der Waals surface area contributed by atoms with Gasteiger partial charge in [0, 0.05) is 23.6 Å². The van der Waals surface area contributed by atoms with E-state index in [1.807, 2.05) is 13.8 Å². The molecule has 20 heavy (non-hydrogen) atoms. The molecule has 0 saturated carbocycles. The molecule has 0 saturated heterocycles. The summed E-state index contributed by atoms with van der Waals surface area (Å²) in [6, 6.07) is 2.51. The normalized spacial score (nSPS) is 12.2. The third kappa shape index (κ3) is 4.77. The average Bonchev–Trinajstić information content (AvgIpc) is 2.36. The van der Waals surface area contributed by atoms with Crippen LogP contribution in [-0.4, -0.2) is 22.8 Å². The number of non-ortho nitro benzene ring substituents is 1. The lowest BCUT2D eigenvalue weighted by atomic mass is 10.0. The van der Waals surface area contributed by atoms with Crippen LogP contribution >= 0.6 is 11.6 Å². The number of rotatable bonds is 6. The number of benzene rings is 1. The summed E-state index contributed by atoms with van der Waals surface area (Å²) in [5.41, 5.74) is -0.544. The van der Waals surface area contributed by atoms with E-state index in [-0.39, 0.29) is 17.5 Å². The van der Waals surface area contributed by atoms with Gasteiger partial charge in [0.2, 0.25) is 0 Å². The van der Waals surface area contributed by atoms with Crippen LogP contribution in [0.4, 0.5) is 10.1 Å². The lowest BCUT2D eigenvalue weighted by Gasteiger charge is -2.18. The van der Waals surface area contributed by atoms with Crippen LogP contribution in [0.1, 0.15) is 30.6 Å². The van der Waals surface area contributed by atoms with Gasteiger partial charge in [-0.3, -0.25) is 14.9 Å². The summed E-state index contributed by atoms with van der Waals surface area (Å²) in [7, 11) is 0. The zero-order valence-electron chi connectivity index (χ0n) is 11.2. The molecule has 0 bridgehead atoms. The third-order valence-electron chi connectivity index (χ3n) is 2.63. The number of nitrogens with one attached hydrogen (secondary N) is 1. The molecular weight excluding hydrogens is 287 g/mol. The minimum absolute atomic E-state index is 0.0874. The van der Waals surface area contributed by atoms with E-state index in [4.69, 9.17) is 11.6 Å². The van der Waals surface area contributed by atoms with E-state index in [2.05, 4.69) is 5.32 Å². The fourth-order valence-corrected chi connectivity index (χ4v) is 2.01. The molecule has 5 nitrogen and oxygen atoms in total. The van der Waals surface area contributed by atoms with E-state index in [0.29, 0.717) is 12.3 Å². The van der Waals surface area contributed by atoms with E-state index >= 15 is 0 Å². The fraction of sp³-hybridized carbons (Fsp3) is 0.462. The number of hydrogen-bond acceptors (Lipinski definition) is 3. The van der Waals surface area contributed by atoms with Crippen LogP contribution in [0.15, 0.2) is 18.2 Å². The Hall–Kier alpha value is -1.69. The molecular formula is C13H16ClFN2O3. The summed E-state index contributed by atoms with van der Waals surface area (Å²) in [5.74, 6) is -0.836. The first-order valence-electron chi connectivity index (χ1n) is 6.15. The fourth-order valence-electron chi connectivity index (χ4n) is 1.81. The second-order valence-corrected chi connectivity index (χ2v) is 5.22. The number of alkyl halides is 1. The highest BCUT2D eigenvalue weighted by atomic mass is 35.5. The van der Waals surface area contributed by atoms with Crippen molar-refractivity contribution in [3.8, 4) is 0 Å². The van der Waals surface area contributed by atoms with Gasteiger partial charge in [0.1, 0.15) is 5.82 Å². The van der Waals surface area contributed by atoms with Crippen LogP contribution in [0, 0.1) is 21.8 Å². The zero-order valence-corrected chi connectivity index (χ0v) is 12.0. The standard InChI is InChI=1S/C13H16ClFN2O3/c1-8(2)3-11(7-14)16-13(18)9-4-10(15)6-12(5-9)17(19)20/h4-6,8,11H,3,7H2,1-2H3,(H,16,18). The smallest absolute Gasteiger partial charge is 0.273 e. The number of halogens is 2. The number of nitro benzene ring substituents is 1. The molecule has 1 aromatic carbocycles. The zero-order chi connectivity index (χ0) is 15.3. The Morgan fingerprint density at radius 2 is 2.10 bits per heavy atom. The first kappa shape index (κ1) is 16.4. The summed E-state index contributed by atoms with van der Waals surface area (Å²) >= 11 is 5.76. The first-order chi connectivity index (χ1) is 9.33. The topological polar surface area (TPSA) is 72.2 Å². The van der Waals surface area contributed by atoms with Gasteiger partial charge in [-0.15, -0.1) is 11.6 Å². The quantitative estimate of drug-likeness (QED) is 0.498. The van der Waals surface area contributed by atoms with Crippen molar-refractivity contribution in [2.24, 2.45) is 5.92 Å². The second-order valence-electron chi connectivity index (χ2n) is 4.91. The van der Waals surface area contributed by atoms with Crippen LogP contribution in [0.25, 0.3) is 0 Å². The van der Waals surface area contributed by atoms with Gasteiger partial charge in [-0.2, -0.15) is 0 Å². The van der Waals surface area contributed by atoms with Crippen molar-refractivity contribution < 1.29 is 14.1 Å². The van der Waals surface area contributed by atoms with Crippen molar-refractivity contribution in [3.05, 3.63) is 39.7 Å². The molecule has 110 valence electrons. The maximum absolute atomic E-state index is 13.3. The molecule has 0 radical (unpaired) electrons. The van der Waals surface area contributed by atoms with E-state index in [1.54, 1.807) is 0 Å². The van der Waals surface area contributed by atoms with Gasteiger partial charge >= 0.3 is 0 Å². The molecule has 0 aromatic heterocycles. The van der Waals surface area contributed by atoms with Gasteiger partial charge in [0.05, 0.1) is 11.0 Å². The number of hydrogen-bond donors (Lipinski definition) is 1. The van der Waals surface area contributed by atoms with Crippen molar-refractivity contribution in [1.82, 2.24) is 5.32 Å². The highest BCUT2D eigenvalue weighted by molar-refractivity contribution is 6.18. The number of amides is 1. The summed E-state index contributed by atoms with van der Waals surface area (Å²) in [4.78, 5) is 21.9. The average molecular weight is 303 g/mol. The molecule has 0 aliphatic carbocycles. The lowest BCUT2D eigenvalue weighted by Crippen LogP contribution is -2.37. The first-order valence-corrected chi connectivity index (χ1v) is 6.68. The van der Waals surface area contributed by atoms with Gasteiger partial charge in [0.25, 0.3) is 11.6 Å². The minimum atomic E-state index is -0.823. The van der Waals surface area contributed by atoms with E-state index in [9.17, 15) is 19.3 Å². The van der Waals surface area contributed by atoms with Gasteiger partial charge in [-0.1, -0.05) is 13.8 Å². The van der Waals surface area contributed by atoms with Gasteiger partial charge in [-0.25, -0.2) is 4.39 Å². The molecule has 7 heteroatoms. The van der Waals surface area contributed by atoms with Crippen LogP contribution < -0.4 is 5.32 Å². The predicted octanol–water partition coefficient (Wildman–Crippen LogP) is 3.12. The Labute approximate surface area is 121 Å². The highest BCUT2D eigenvalue weighted by Gasteiger charge is 2.18. The summed E-state index contributed by atoms with van der Waals surface area (Å²) in [6.45, 7) is 3.97. The Bertz CT molecular complexity index is 508. The van der Waals surface area contributed by atoms with Crippen LogP contribution in [0.5, 0.6) is 0 Å². The van der Waals surface area contributed by atoms with Crippen LogP contribution in [0.2, 0.25) is 0 Å². The molecule has 0 fully saturated rings. The van der Waals surface area contributed by atoms with Crippen LogP contribution in [0.3, 0.4) is 0 Å². The molecule has 1 aromatic rings. The molecule has 0 heterocycles. The van der Waals surface area contributed by atoms with Crippen LogP contribution in [-0.2, 0) is 0 Å². The summed E-state index contributed by atoms with van der Waals surface area (Å²) < 4.78 is 13.3. The second kappa shape index (κ2) is 7.19. The van der Waals surface area contributed by atoms with Crippen molar-refractivity contribution in [2.75, 3.05) is 5.88 Å². The van der Waals surface area contributed by atoms with Crippen molar-refractivity contribution in [2.45, 2.75) is 26.3 Å². The lowest BCUT2D eigenvalue weighted by molar-refractivity contribution is -0.385. The molecule has 1 amide bonds.